The van der Waals surface area contributed by atoms with E-state index in [0.717, 1.165) is 0 Å². The summed E-state index contributed by atoms with van der Waals surface area (Å²) in [5, 5.41) is 13.5. The van der Waals surface area contributed by atoms with Gasteiger partial charge in [-0.05, 0) is 18.2 Å². The molecule has 8 nitrogen and oxygen atoms in total. The van der Waals surface area contributed by atoms with Crippen LogP contribution in [0.3, 0.4) is 0 Å². The Bertz CT molecular complexity index is 799. The normalized spacial score (nSPS) is 10.7. The van der Waals surface area contributed by atoms with E-state index in [4.69, 9.17) is 9.84 Å². The van der Waals surface area contributed by atoms with Crippen molar-refractivity contribution in [1.82, 2.24) is 24.7 Å². The SMILES string of the molecule is Cn1cnc(Oc2ncnc3cc(C(=O)O)ccc23)n1. The van der Waals surface area contributed by atoms with Gasteiger partial charge in [0.15, 0.2) is 0 Å². The molecule has 100 valence electrons. The zero-order chi connectivity index (χ0) is 14.1. The highest BCUT2D eigenvalue weighted by Gasteiger charge is 2.11. The Morgan fingerprint density at radius 3 is 2.85 bits per heavy atom. The molecule has 3 aromatic rings. The van der Waals surface area contributed by atoms with Crippen LogP contribution in [0.2, 0.25) is 0 Å². The molecule has 0 unspecified atom stereocenters. The Hall–Kier alpha value is -3.03. The molecule has 3 rings (SSSR count). The lowest BCUT2D eigenvalue weighted by Crippen LogP contribution is -1.98. The fraction of sp³-hybridized carbons (Fsp3) is 0.0833. The van der Waals surface area contributed by atoms with Crippen LogP contribution in [0.5, 0.6) is 11.9 Å². The first kappa shape index (κ1) is 12.0. The van der Waals surface area contributed by atoms with E-state index in [0.29, 0.717) is 10.9 Å². The second-order valence-corrected chi connectivity index (χ2v) is 4.02. The monoisotopic (exact) mass is 271 g/mol. The molecule has 0 aliphatic heterocycles. The number of ether oxygens (including phenoxy) is 1. The topological polar surface area (TPSA) is 103 Å². The highest BCUT2D eigenvalue weighted by atomic mass is 16.5. The van der Waals surface area contributed by atoms with E-state index in [1.807, 2.05) is 0 Å². The van der Waals surface area contributed by atoms with Crippen LogP contribution < -0.4 is 4.74 Å². The average molecular weight is 271 g/mol. The minimum atomic E-state index is -1.01. The number of carbonyl (C=O) groups is 1. The second kappa shape index (κ2) is 4.57. The Balaban J connectivity index is 2.05. The molecule has 8 heteroatoms. The van der Waals surface area contributed by atoms with Gasteiger partial charge in [-0.2, -0.15) is 4.98 Å². The zero-order valence-electron chi connectivity index (χ0n) is 10.4. The van der Waals surface area contributed by atoms with Gasteiger partial charge >= 0.3 is 12.0 Å². The maximum absolute atomic E-state index is 10.9. The smallest absolute Gasteiger partial charge is 0.342 e. The van der Waals surface area contributed by atoms with Crippen LogP contribution in [0, 0.1) is 0 Å². The Morgan fingerprint density at radius 1 is 1.30 bits per heavy atom. The molecular weight excluding hydrogens is 262 g/mol. The van der Waals surface area contributed by atoms with Gasteiger partial charge < -0.3 is 9.84 Å². The van der Waals surface area contributed by atoms with Gasteiger partial charge in [-0.25, -0.2) is 14.8 Å². The Labute approximate surface area is 112 Å². The fourth-order valence-electron chi connectivity index (χ4n) is 1.70. The van der Waals surface area contributed by atoms with E-state index in [1.165, 1.54) is 29.5 Å². The minimum Gasteiger partial charge on any atom is -0.478 e. The largest absolute Gasteiger partial charge is 0.478 e. The molecule has 0 saturated heterocycles. The standard InChI is InChI=1S/C12H9N5O3/c1-17-6-15-12(16-17)20-10-8-3-2-7(11(18)19)4-9(8)13-5-14-10/h2-6H,1H3,(H,18,19). The molecule has 0 bridgehead atoms. The molecular formula is C12H9N5O3. The third kappa shape index (κ3) is 2.14. The number of aromatic carboxylic acids is 1. The molecule has 0 aliphatic rings. The molecule has 20 heavy (non-hydrogen) atoms. The molecule has 0 fully saturated rings. The summed E-state index contributed by atoms with van der Waals surface area (Å²) in [6.45, 7) is 0. The van der Waals surface area contributed by atoms with Crippen molar-refractivity contribution < 1.29 is 14.6 Å². The van der Waals surface area contributed by atoms with Crippen LogP contribution in [0.1, 0.15) is 10.4 Å². The summed E-state index contributed by atoms with van der Waals surface area (Å²) in [6.07, 6.45) is 2.80. The van der Waals surface area contributed by atoms with E-state index in [1.54, 1.807) is 13.1 Å². The van der Waals surface area contributed by atoms with E-state index in [2.05, 4.69) is 20.1 Å². The van der Waals surface area contributed by atoms with Crippen molar-refractivity contribution in [2.45, 2.75) is 0 Å². The molecule has 0 spiro atoms. The predicted octanol–water partition coefficient (Wildman–Crippen LogP) is 1.25. The lowest BCUT2D eigenvalue weighted by molar-refractivity contribution is 0.0697. The van der Waals surface area contributed by atoms with E-state index >= 15 is 0 Å². The predicted molar refractivity (Wildman–Crippen MR) is 67.6 cm³/mol. The third-order valence-corrected chi connectivity index (χ3v) is 2.61. The Kier molecular flexibility index (Phi) is 2.75. The number of aromatic nitrogens is 5. The number of rotatable bonds is 3. The van der Waals surface area contributed by atoms with Crippen molar-refractivity contribution in [2.75, 3.05) is 0 Å². The number of aryl methyl sites for hydroxylation is 1. The molecule has 0 amide bonds. The van der Waals surface area contributed by atoms with Crippen LogP contribution in [0.4, 0.5) is 0 Å². The highest BCUT2D eigenvalue weighted by Crippen LogP contribution is 2.25. The average Bonchev–Trinajstić information content (AvgIpc) is 2.84. The molecule has 1 N–H and O–H groups in total. The molecule has 0 atom stereocenters. The van der Waals surface area contributed by atoms with Crippen LogP contribution in [0.25, 0.3) is 10.9 Å². The summed E-state index contributed by atoms with van der Waals surface area (Å²) in [4.78, 5) is 22.9. The summed E-state index contributed by atoms with van der Waals surface area (Å²) < 4.78 is 6.97. The van der Waals surface area contributed by atoms with Crippen LogP contribution >= 0.6 is 0 Å². The minimum absolute atomic E-state index is 0.151. The van der Waals surface area contributed by atoms with Gasteiger partial charge in [0.05, 0.1) is 16.5 Å². The van der Waals surface area contributed by atoms with Crippen LogP contribution in [-0.2, 0) is 7.05 Å². The zero-order valence-corrected chi connectivity index (χ0v) is 10.4. The van der Waals surface area contributed by atoms with E-state index in [9.17, 15) is 4.79 Å². The molecule has 0 saturated carbocycles. The summed E-state index contributed by atoms with van der Waals surface area (Å²) in [5.74, 6) is -0.738. The number of carboxylic acid groups (broad SMARTS) is 1. The van der Waals surface area contributed by atoms with Gasteiger partial charge in [-0.3, -0.25) is 4.68 Å². The van der Waals surface area contributed by atoms with Gasteiger partial charge in [-0.15, -0.1) is 5.10 Å². The maximum atomic E-state index is 10.9. The first-order chi connectivity index (χ1) is 9.63. The maximum Gasteiger partial charge on any atom is 0.342 e. The van der Waals surface area contributed by atoms with Crippen molar-refractivity contribution in [3.63, 3.8) is 0 Å². The van der Waals surface area contributed by atoms with Gasteiger partial charge in [-0.1, -0.05) is 0 Å². The molecule has 1 aromatic carbocycles. The molecule has 2 aromatic heterocycles. The summed E-state index contributed by atoms with van der Waals surface area (Å²) in [7, 11) is 1.72. The lowest BCUT2D eigenvalue weighted by Gasteiger charge is -2.04. The van der Waals surface area contributed by atoms with Crippen LogP contribution in [0.15, 0.2) is 30.9 Å². The van der Waals surface area contributed by atoms with Crippen molar-refractivity contribution in [1.29, 1.82) is 0 Å². The lowest BCUT2D eigenvalue weighted by atomic mass is 10.1. The quantitative estimate of drug-likeness (QED) is 0.764. The summed E-state index contributed by atoms with van der Waals surface area (Å²) in [5.41, 5.74) is 0.629. The van der Waals surface area contributed by atoms with Crippen molar-refractivity contribution in [3.8, 4) is 11.9 Å². The first-order valence-corrected chi connectivity index (χ1v) is 5.65. The van der Waals surface area contributed by atoms with Crippen LogP contribution in [-0.4, -0.2) is 35.8 Å². The molecule has 0 radical (unpaired) electrons. The van der Waals surface area contributed by atoms with Gasteiger partial charge in [0.25, 0.3) is 0 Å². The number of fused-ring (bicyclic) bond motifs is 1. The summed E-state index contributed by atoms with van der Waals surface area (Å²) in [6, 6.07) is 4.68. The van der Waals surface area contributed by atoms with Gasteiger partial charge in [0.2, 0.25) is 5.88 Å². The van der Waals surface area contributed by atoms with Crippen molar-refractivity contribution in [2.24, 2.45) is 7.05 Å². The molecule has 2 heterocycles. The second-order valence-electron chi connectivity index (χ2n) is 4.02. The number of nitrogens with zero attached hydrogens (tertiary/aromatic N) is 5. The number of benzene rings is 1. The number of hydrogen-bond acceptors (Lipinski definition) is 6. The van der Waals surface area contributed by atoms with Gasteiger partial charge in [0.1, 0.15) is 12.7 Å². The number of carboxylic acids is 1. The summed E-state index contributed by atoms with van der Waals surface area (Å²) >= 11 is 0. The van der Waals surface area contributed by atoms with E-state index in [-0.39, 0.29) is 17.5 Å². The third-order valence-electron chi connectivity index (χ3n) is 2.61. The van der Waals surface area contributed by atoms with Crippen molar-refractivity contribution in [3.05, 3.63) is 36.4 Å². The Morgan fingerprint density at radius 2 is 2.15 bits per heavy atom. The van der Waals surface area contributed by atoms with Gasteiger partial charge in [0, 0.05) is 7.05 Å². The highest BCUT2D eigenvalue weighted by molar-refractivity contribution is 5.94. The fourth-order valence-corrected chi connectivity index (χ4v) is 1.70. The van der Waals surface area contributed by atoms with Crippen molar-refractivity contribution >= 4 is 16.9 Å². The number of hydrogen-bond donors (Lipinski definition) is 1. The van der Waals surface area contributed by atoms with E-state index < -0.39 is 5.97 Å². The molecule has 0 aliphatic carbocycles. The first-order valence-electron chi connectivity index (χ1n) is 5.65.